The molecule has 2 amide bonds. The highest BCUT2D eigenvalue weighted by Gasteiger charge is 2.09. The van der Waals surface area contributed by atoms with Gasteiger partial charge in [-0.25, -0.2) is 0 Å². The zero-order valence-corrected chi connectivity index (χ0v) is 14.2. The Morgan fingerprint density at radius 2 is 1.87 bits per heavy atom. The Morgan fingerprint density at radius 1 is 1.09 bits per heavy atom. The highest BCUT2D eigenvalue weighted by Crippen LogP contribution is 2.16. The SMILES string of the molecule is COc1ccccc1CNC(=O)CNC(=O)c1cccc(Br)c1. The third-order valence-electron chi connectivity index (χ3n) is 3.16. The molecule has 0 saturated carbocycles. The Labute approximate surface area is 143 Å². The van der Waals surface area contributed by atoms with E-state index in [2.05, 4.69) is 26.6 Å². The molecule has 2 N–H and O–H groups in total. The number of carbonyl (C=O) groups is 2. The maximum atomic E-state index is 11.9. The number of ether oxygens (including phenoxy) is 1. The third-order valence-corrected chi connectivity index (χ3v) is 3.66. The molecular formula is C17H17BrN2O3. The van der Waals surface area contributed by atoms with Crippen molar-refractivity contribution in [1.29, 1.82) is 0 Å². The summed E-state index contributed by atoms with van der Waals surface area (Å²) < 4.78 is 6.03. The second kappa shape index (κ2) is 8.33. The number of methoxy groups -OCH3 is 1. The lowest BCUT2D eigenvalue weighted by atomic mass is 10.2. The number of rotatable bonds is 6. The predicted octanol–water partition coefficient (Wildman–Crippen LogP) is 2.50. The Morgan fingerprint density at radius 3 is 2.61 bits per heavy atom. The molecule has 5 nitrogen and oxygen atoms in total. The van der Waals surface area contributed by atoms with Gasteiger partial charge < -0.3 is 15.4 Å². The highest BCUT2D eigenvalue weighted by atomic mass is 79.9. The van der Waals surface area contributed by atoms with Gasteiger partial charge in [-0.2, -0.15) is 0 Å². The molecule has 0 aliphatic heterocycles. The summed E-state index contributed by atoms with van der Waals surface area (Å²) in [5.41, 5.74) is 1.37. The largest absolute Gasteiger partial charge is 0.496 e. The monoisotopic (exact) mass is 376 g/mol. The van der Waals surface area contributed by atoms with Crippen molar-refractivity contribution in [3.05, 3.63) is 64.1 Å². The first-order chi connectivity index (χ1) is 11.1. The molecule has 6 heteroatoms. The number of hydrogen-bond donors (Lipinski definition) is 2. The highest BCUT2D eigenvalue weighted by molar-refractivity contribution is 9.10. The number of para-hydroxylation sites is 1. The molecular weight excluding hydrogens is 360 g/mol. The normalized spacial score (nSPS) is 10.0. The molecule has 23 heavy (non-hydrogen) atoms. The van der Waals surface area contributed by atoms with Crippen molar-refractivity contribution in [3.8, 4) is 5.75 Å². The molecule has 0 atom stereocenters. The fraction of sp³-hybridized carbons (Fsp3) is 0.176. The van der Waals surface area contributed by atoms with Gasteiger partial charge in [-0.1, -0.05) is 40.2 Å². The molecule has 0 unspecified atom stereocenters. The molecule has 2 aromatic rings. The number of halogens is 1. The number of nitrogens with one attached hydrogen (secondary N) is 2. The smallest absolute Gasteiger partial charge is 0.251 e. The maximum Gasteiger partial charge on any atom is 0.251 e. The molecule has 0 saturated heterocycles. The van der Waals surface area contributed by atoms with Crippen LogP contribution in [-0.2, 0) is 11.3 Å². The van der Waals surface area contributed by atoms with Crippen molar-refractivity contribution < 1.29 is 14.3 Å². The van der Waals surface area contributed by atoms with Crippen LogP contribution in [0.15, 0.2) is 53.0 Å². The standard InChI is InChI=1S/C17H17BrN2O3/c1-23-15-8-3-2-5-13(15)10-19-16(21)11-20-17(22)12-6-4-7-14(18)9-12/h2-9H,10-11H2,1H3,(H,19,21)(H,20,22). The minimum atomic E-state index is -0.293. The van der Waals surface area contributed by atoms with E-state index < -0.39 is 0 Å². The minimum Gasteiger partial charge on any atom is -0.496 e. The van der Waals surface area contributed by atoms with Gasteiger partial charge in [0.15, 0.2) is 0 Å². The van der Waals surface area contributed by atoms with E-state index >= 15 is 0 Å². The van der Waals surface area contributed by atoms with Crippen molar-refractivity contribution in [2.45, 2.75) is 6.54 Å². The molecule has 0 radical (unpaired) electrons. The fourth-order valence-electron chi connectivity index (χ4n) is 2.00. The van der Waals surface area contributed by atoms with Gasteiger partial charge >= 0.3 is 0 Å². The van der Waals surface area contributed by atoms with Gasteiger partial charge in [0.25, 0.3) is 5.91 Å². The van der Waals surface area contributed by atoms with Crippen molar-refractivity contribution in [2.75, 3.05) is 13.7 Å². The van der Waals surface area contributed by atoms with Crippen molar-refractivity contribution in [2.24, 2.45) is 0 Å². The van der Waals surface area contributed by atoms with E-state index in [9.17, 15) is 9.59 Å². The molecule has 0 bridgehead atoms. The summed E-state index contributed by atoms with van der Waals surface area (Å²) in [4.78, 5) is 23.8. The lowest BCUT2D eigenvalue weighted by Gasteiger charge is -2.10. The summed E-state index contributed by atoms with van der Waals surface area (Å²) in [5, 5.41) is 5.34. The van der Waals surface area contributed by atoms with Gasteiger partial charge in [0.1, 0.15) is 5.75 Å². The summed E-state index contributed by atoms with van der Waals surface area (Å²) in [7, 11) is 1.58. The molecule has 0 heterocycles. The van der Waals surface area contributed by atoms with Crippen molar-refractivity contribution in [3.63, 3.8) is 0 Å². The van der Waals surface area contributed by atoms with Gasteiger partial charge in [0.05, 0.1) is 13.7 Å². The summed E-state index contributed by atoms with van der Waals surface area (Å²) in [5.74, 6) is 0.156. The minimum absolute atomic E-state index is 0.0828. The van der Waals surface area contributed by atoms with E-state index in [4.69, 9.17) is 4.74 Å². The average Bonchev–Trinajstić information content (AvgIpc) is 2.58. The third kappa shape index (κ3) is 5.10. The first-order valence-electron chi connectivity index (χ1n) is 7.02. The van der Waals surface area contributed by atoms with E-state index in [1.165, 1.54) is 0 Å². The fourth-order valence-corrected chi connectivity index (χ4v) is 2.40. The summed E-state index contributed by atoms with van der Waals surface area (Å²) in [6.45, 7) is 0.260. The van der Waals surface area contributed by atoms with Crippen LogP contribution in [0.1, 0.15) is 15.9 Å². The van der Waals surface area contributed by atoms with Crippen LogP contribution in [0, 0.1) is 0 Å². The van der Waals surface area contributed by atoms with Crippen LogP contribution in [0.4, 0.5) is 0 Å². The van der Waals surface area contributed by atoms with E-state index in [0.717, 1.165) is 10.0 Å². The number of carbonyl (C=O) groups excluding carboxylic acids is 2. The Bertz CT molecular complexity index is 704. The molecule has 0 aliphatic carbocycles. The van der Waals surface area contributed by atoms with Crippen LogP contribution >= 0.6 is 15.9 Å². The summed E-state index contributed by atoms with van der Waals surface area (Å²) in [6.07, 6.45) is 0. The van der Waals surface area contributed by atoms with Crippen molar-refractivity contribution >= 4 is 27.7 Å². The van der Waals surface area contributed by atoms with Crippen LogP contribution in [0.5, 0.6) is 5.75 Å². The molecule has 2 aromatic carbocycles. The van der Waals surface area contributed by atoms with Gasteiger partial charge in [0.2, 0.25) is 5.91 Å². The van der Waals surface area contributed by atoms with Crippen LogP contribution < -0.4 is 15.4 Å². The first kappa shape index (κ1) is 17.0. The first-order valence-corrected chi connectivity index (χ1v) is 7.82. The zero-order valence-electron chi connectivity index (χ0n) is 12.6. The molecule has 0 fully saturated rings. The topological polar surface area (TPSA) is 67.4 Å². The van der Waals surface area contributed by atoms with Gasteiger partial charge in [0, 0.05) is 22.1 Å². The Hall–Kier alpha value is -2.34. The second-order valence-electron chi connectivity index (χ2n) is 4.78. The molecule has 2 rings (SSSR count). The van der Waals surface area contributed by atoms with Gasteiger partial charge in [-0.3, -0.25) is 9.59 Å². The lowest BCUT2D eigenvalue weighted by Crippen LogP contribution is -2.36. The van der Waals surface area contributed by atoms with Crippen LogP contribution in [0.25, 0.3) is 0 Å². The quantitative estimate of drug-likeness (QED) is 0.813. The molecule has 120 valence electrons. The summed E-state index contributed by atoms with van der Waals surface area (Å²) >= 11 is 3.30. The van der Waals surface area contributed by atoms with Crippen LogP contribution in [0.3, 0.4) is 0 Å². The van der Waals surface area contributed by atoms with E-state index in [1.807, 2.05) is 30.3 Å². The van der Waals surface area contributed by atoms with E-state index in [1.54, 1.807) is 25.3 Å². The Balaban J connectivity index is 1.82. The number of benzene rings is 2. The zero-order chi connectivity index (χ0) is 16.7. The van der Waals surface area contributed by atoms with Gasteiger partial charge in [-0.15, -0.1) is 0 Å². The van der Waals surface area contributed by atoms with Crippen LogP contribution in [0.2, 0.25) is 0 Å². The average molecular weight is 377 g/mol. The van der Waals surface area contributed by atoms with E-state index in [0.29, 0.717) is 17.9 Å². The lowest BCUT2D eigenvalue weighted by molar-refractivity contribution is -0.120. The Kier molecular flexibility index (Phi) is 6.17. The summed E-state index contributed by atoms with van der Waals surface area (Å²) in [6, 6.07) is 14.4. The van der Waals surface area contributed by atoms with Crippen molar-refractivity contribution in [1.82, 2.24) is 10.6 Å². The molecule has 0 aliphatic rings. The molecule has 0 aromatic heterocycles. The van der Waals surface area contributed by atoms with Crippen LogP contribution in [-0.4, -0.2) is 25.5 Å². The van der Waals surface area contributed by atoms with E-state index in [-0.39, 0.29) is 18.4 Å². The predicted molar refractivity (Wildman–Crippen MR) is 91.3 cm³/mol. The van der Waals surface area contributed by atoms with Gasteiger partial charge in [-0.05, 0) is 24.3 Å². The second-order valence-corrected chi connectivity index (χ2v) is 5.70. The maximum absolute atomic E-state index is 11.9. The number of amides is 2. The number of hydrogen-bond acceptors (Lipinski definition) is 3. The molecule has 0 spiro atoms.